The summed E-state index contributed by atoms with van der Waals surface area (Å²) in [5.41, 5.74) is 4.63. The van der Waals surface area contributed by atoms with Crippen LogP contribution in [0.2, 0.25) is 0 Å². The number of hydrogen-bond acceptors (Lipinski definition) is 3. The molecule has 0 radical (unpaired) electrons. The van der Waals surface area contributed by atoms with Gasteiger partial charge in [0, 0.05) is 23.2 Å². The zero-order valence-corrected chi connectivity index (χ0v) is 16.0. The third-order valence-corrected chi connectivity index (χ3v) is 5.43. The molecule has 2 aliphatic heterocycles. The van der Waals surface area contributed by atoms with Crippen molar-refractivity contribution in [2.24, 2.45) is 4.99 Å². The van der Waals surface area contributed by atoms with E-state index in [0.29, 0.717) is 12.3 Å². The van der Waals surface area contributed by atoms with Crippen LogP contribution in [0.5, 0.6) is 0 Å². The number of carbonyl (C=O) groups excluding carboxylic acids is 2. The average molecular weight is 399 g/mol. The monoisotopic (exact) mass is 399 g/mol. The molecule has 3 aromatic carbocycles. The summed E-state index contributed by atoms with van der Waals surface area (Å²) in [5.74, 6) is -1.18. The fourth-order valence-corrected chi connectivity index (χ4v) is 4.00. The number of carbonyl (C=O) groups is 2. The predicted molar refractivity (Wildman–Crippen MR) is 112 cm³/mol. The summed E-state index contributed by atoms with van der Waals surface area (Å²) in [6, 6.07) is 20.8. The molecule has 0 aliphatic carbocycles. The lowest BCUT2D eigenvalue weighted by Gasteiger charge is -2.21. The van der Waals surface area contributed by atoms with Crippen molar-refractivity contribution in [3.63, 3.8) is 0 Å². The molecule has 2 aliphatic rings. The Morgan fingerprint density at radius 1 is 1.00 bits per heavy atom. The lowest BCUT2D eigenvalue weighted by atomic mass is 9.98. The van der Waals surface area contributed by atoms with Crippen LogP contribution in [0.3, 0.4) is 0 Å². The fourth-order valence-electron chi connectivity index (χ4n) is 4.00. The van der Waals surface area contributed by atoms with Crippen LogP contribution in [0.15, 0.2) is 77.8 Å². The molecule has 0 saturated heterocycles. The SMILES string of the molecule is O=C(N[C@@H]1N=C(c2ccccc2)c2cccc3c2N(CC3)C1=O)c1ccc(F)cc1. The van der Waals surface area contributed by atoms with E-state index in [1.54, 1.807) is 4.90 Å². The van der Waals surface area contributed by atoms with Crippen LogP contribution in [-0.4, -0.2) is 30.2 Å². The Morgan fingerprint density at radius 3 is 2.53 bits per heavy atom. The van der Waals surface area contributed by atoms with E-state index in [1.165, 1.54) is 24.3 Å². The van der Waals surface area contributed by atoms with E-state index in [2.05, 4.69) is 5.32 Å². The quantitative estimate of drug-likeness (QED) is 0.735. The molecule has 1 atom stereocenters. The normalized spacial score (nSPS) is 17.2. The number of anilines is 1. The van der Waals surface area contributed by atoms with Crippen LogP contribution in [-0.2, 0) is 11.2 Å². The molecule has 0 fully saturated rings. The molecule has 3 aromatic rings. The highest BCUT2D eigenvalue weighted by Gasteiger charge is 2.37. The van der Waals surface area contributed by atoms with Crippen LogP contribution in [0, 0.1) is 5.82 Å². The first-order valence-corrected chi connectivity index (χ1v) is 9.75. The maximum absolute atomic E-state index is 13.3. The van der Waals surface area contributed by atoms with Gasteiger partial charge in [-0.3, -0.25) is 9.59 Å². The first-order valence-electron chi connectivity index (χ1n) is 9.75. The van der Waals surface area contributed by atoms with Gasteiger partial charge in [0.15, 0.2) is 0 Å². The highest BCUT2D eigenvalue weighted by molar-refractivity contribution is 6.21. The van der Waals surface area contributed by atoms with E-state index in [9.17, 15) is 14.0 Å². The van der Waals surface area contributed by atoms with Crippen molar-refractivity contribution in [2.75, 3.05) is 11.4 Å². The number of nitrogens with zero attached hydrogens (tertiary/aromatic N) is 2. The number of benzene rings is 3. The second-order valence-electron chi connectivity index (χ2n) is 7.28. The van der Waals surface area contributed by atoms with Crippen LogP contribution >= 0.6 is 0 Å². The number of halogens is 1. The minimum Gasteiger partial charge on any atom is -0.322 e. The molecule has 5 rings (SSSR count). The van der Waals surface area contributed by atoms with Gasteiger partial charge in [-0.25, -0.2) is 9.38 Å². The molecule has 0 spiro atoms. The molecular formula is C24H18FN3O2. The molecule has 2 amide bonds. The van der Waals surface area contributed by atoms with Gasteiger partial charge in [0.25, 0.3) is 11.8 Å². The van der Waals surface area contributed by atoms with E-state index in [0.717, 1.165) is 28.8 Å². The molecule has 0 aromatic heterocycles. The first kappa shape index (κ1) is 18.2. The van der Waals surface area contributed by atoms with Gasteiger partial charge in [0.1, 0.15) is 5.82 Å². The summed E-state index contributed by atoms with van der Waals surface area (Å²) < 4.78 is 13.2. The Balaban J connectivity index is 1.59. The summed E-state index contributed by atoms with van der Waals surface area (Å²) in [6.07, 6.45) is -0.314. The molecule has 1 N–H and O–H groups in total. The number of aliphatic imine (C=N–C) groups is 1. The minimum absolute atomic E-state index is 0.268. The summed E-state index contributed by atoms with van der Waals surface area (Å²) in [6.45, 7) is 0.547. The molecule has 6 heteroatoms. The minimum atomic E-state index is -1.07. The van der Waals surface area contributed by atoms with Gasteiger partial charge in [-0.1, -0.05) is 48.5 Å². The largest absolute Gasteiger partial charge is 0.322 e. The number of hydrogen-bond donors (Lipinski definition) is 1. The standard InChI is InChI=1S/C24H18FN3O2/c25-18-11-9-17(10-12-18)23(29)27-22-24(30)28-14-13-16-7-4-8-19(21(16)28)20(26-22)15-5-2-1-3-6-15/h1-12,22H,13-14H2,(H,27,29)/t22-/m0/s1. The van der Waals surface area contributed by atoms with Gasteiger partial charge in [0.05, 0.1) is 11.4 Å². The summed E-state index contributed by atoms with van der Waals surface area (Å²) in [5, 5.41) is 2.73. The lowest BCUT2D eigenvalue weighted by molar-refractivity contribution is -0.120. The van der Waals surface area contributed by atoms with Crippen LogP contribution in [0.4, 0.5) is 10.1 Å². The van der Waals surface area contributed by atoms with Crippen molar-refractivity contribution in [3.05, 3.63) is 101 Å². The summed E-state index contributed by atoms with van der Waals surface area (Å²) >= 11 is 0. The first-order chi connectivity index (χ1) is 14.6. The number of rotatable bonds is 3. The number of para-hydroxylation sites is 1. The van der Waals surface area contributed by atoms with Crippen molar-refractivity contribution in [1.29, 1.82) is 0 Å². The highest BCUT2D eigenvalue weighted by Crippen LogP contribution is 2.36. The Hall–Kier alpha value is -3.80. The van der Waals surface area contributed by atoms with Gasteiger partial charge in [-0.2, -0.15) is 0 Å². The zero-order chi connectivity index (χ0) is 20.7. The molecule has 5 nitrogen and oxygen atoms in total. The summed E-state index contributed by atoms with van der Waals surface area (Å²) in [4.78, 5) is 32.5. The summed E-state index contributed by atoms with van der Waals surface area (Å²) in [7, 11) is 0. The topological polar surface area (TPSA) is 61.8 Å². The Labute approximate surface area is 172 Å². The van der Waals surface area contributed by atoms with Crippen molar-refractivity contribution in [3.8, 4) is 0 Å². The molecule has 0 bridgehead atoms. The Morgan fingerprint density at radius 2 is 1.77 bits per heavy atom. The van der Waals surface area contributed by atoms with Crippen LogP contribution in [0.1, 0.15) is 27.0 Å². The van der Waals surface area contributed by atoms with E-state index in [-0.39, 0.29) is 11.5 Å². The van der Waals surface area contributed by atoms with E-state index in [4.69, 9.17) is 4.99 Å². The second kappa shape index (κ2) is 7.22. The van der Waals surface area contributed by atoms with Crippen molar-refractivity contribution >= 4 is 23.2 Å². The molecule has 0 saturated carbocycles. The van der Waals surface area contributed by atoms with E-state index < -0.39 is 17.9 Å². The average Bonchev–Trinajstić information content (AvgIpc) is 3.17. The smallest absolute Gasteiger partial charge is 0.272 e. The Kier molecular flexibility index (Phi) is 4.39. The van der Waals surface area contributed by atoms with Crippen LogP contribution in [0.25, 0.3) is 0 Å². The molecule has 2 heterocycles. The predicted octanol–water partition coefficient (Wildman–Crippen LogP) is 3.32. The fraction of sp³-hybridized carbons (Fsp3) is 0.125. The van der Waals surface area contributed by atoms with Gasteiger partial charge in [-0.05, 0) is 36.2 Å². The third-order valence-electron chi connectivity index (χ3n) is 5.43. The van der Waals surface area contributed by atoms with Crippen molar-refractivity contribution < 1.29 is 14.0 Å². The van der Waals surface area contributed by atoms with E-state index in [1.807, 2.05) is 48.5 Å². The van der Waals surface area contributed by atoms with Crippen molar-refractivity contribution in [2.45, 2.75) is 12.6 Å². The lowest BCUT2D eigenvalue weighted by Crippen LogP contribution is -2.46. The number of amides is 2. The van der Waals surface area contributed by atoms with Gasteiger partial charge < -0.3 is 10.2 Å². The molecule has 148 valence electrons. The maximum atomic E-state index is 13.3. The van der Waals surface area contributed by atoms with Crippen molar-refractivity contribution in [1.82, 2.24) is 5.32 Å². The molecular weight excluding hydrogens is 381 g/mol. The van der Waals surface area contributed by atoms with E-state index >= 15 is 0 Å². The zero-order valence-electron chi connectivity index (χ0n) is 16.0. The van der Waals surface area contributed by atoms with Gasteiger partial charge in [-0.15, -0.1) is 0 Å². The second-order valence-corrected chi connectivity index (χ2v) is 7.28. The van der Waals surface area contributed by atoms with Gasteiger partial charge >= 0.3 is 0 Å². The molecule has 30 heavy (non-hydrogen) atoms. The Bertz CT molecular complexity index is 1170. The van der Waals surface area contributed by atoms with Crippen LogP contribution < -0.4 is 10.2 Å². The number of nitrogens with one attached hydrogen (secondary N) is 1. The third kappa shape index (κ3) is 3.06. The maximum Gasteiger partial charge on any atom is 0.272 e. The van der Waals surface area contributed by atoms with Gasteiger partial charge in [0.2, 0.25) is 6.17 Å². The highest BCUT2D eigenvalue weighted by atomic mass is 19.1. The molecule has 0 unspecified atom stereocenters.